The van der Waals surface area contributed by atoms with Gasteiger partial charge in [-0.2, -0.15) is 5.10 Å². The summed E-state index contributed by atoms with van der Waals surface area (Å²) in [6.07, 6.45) is 2.60. The summed E-state index contributed by atoms with van der Waals surface area (Å²) in [7, 11) is -0.686. The average Bonchev–Trinajstić information content (AvgIpc) is 3.08. The van der Waals surface area contributed by atoms with Gasteiger partial charge >= 0.3 is 13.2 Å². The van der Waals surface area contributed by atoms with Crippen molar-refractivity contribution in [1.29, 1.82) is 0 Å². The minimum absolute atomic E-state index is 0.139. The maximum absolute atomic E-state index is 12.2. The molecule has 0 bridgehead atoms. The van der Waals surface area contributed by atoms with Gasteiger partial charge in [0.1, 0.15) is 17.7 Å². The smallest absolute Gasteiger partial charge is 0.444 e. The number of anilines is 1. The molecule has 0 saturated carbocycles. The minimum atomic E-state index is -0.686. The fourth-order valence-electron chi connectivity index (χ4n) is 2.88. The molecule has 3 heterocycles. The quantitative estimate of drug-likeness (QED) is 0.647. The Balaban J connectivity index is 1.93. The fraction of sp³-hybridized carbons (Fsp3) is 0.579. The molecule has 2 aromatic heterocycles. The molecule has 1 aliphatic heterocycles. The van der Waals surface area contributed by atoms with Crippen molar-refractivity contribution in [3.05, 3.63) is 17.5 Å². The molecule has 1 fully saturated rings. The zero-order chi connectivity index (χ0) is 22.3. The van der Waals surface area contributed by atoms with E-state index in [4.69, 9.17) is 19.8 Å². The number of nitrogens with two attached hydrogens (primary N) is 1. The molecule has 1 saturated heterocycles. The van der Waals surface area contributed by atoms with Gasteiger partial charge in [-0.05, 0) is 60.0 Å². The third kappa shape index (κ3) is 4.57. The highest BCUT2D eigenvalue weighted by molar-refractivity contribution is 6.56. The highest BCUT2D eigenvalue weighted by Crippen LogP contribution is 2.39. The Morgan fingerprint density at radius 2 is 1.90 bits per heavy atom. The number of alkyl carbamates (subject to hydrolysis) is 1. The lowest BCUT2D eigenvalue weighted by molar-refractivity contribution is 0.00578. The molecule has 0 unspecified atom stereocenters. The van der Waals surface area contributed by atoms with Crippen molar-refractivity contribution in [2.24, 2.45) is 0 Å². The second kappa shape index (κ2) is 7.55. The number of nitrogen functional groups attached to an aromatic ring is 1. The first-order chi connectivity index (χ1) is 13.8. The summed E-state index contributed by atoms with van der Waals surface area (Å²) in [4.78, 5) is 20.3. The van der Waals surface area contributed by atoms with Crippen LogP contribution in [-0.2, 0) is 14.0 Å². The van der Waals surface area contributed by atoms with Crippen molar-refractivity contribution in [2.75, 3.05) is 12.3 Å². The van der Waals surface area contributed by atoms with E-state index in [9.17, 15) is 4.79 Å². The zero-order valence-corrected chi connectivity index (χ0v) is 18.5. The average molecular weight is 416 g/mol. The third-order valence-corrected chi connectivity index (χ3v) is 5.13. The molecule has 10 nitrogen and oxygen atoms in total. The number of carbonyl (C=O) groups is 1. The highest BCUT2D eigenvalue weighted by Gasteiger charge is 2.52. The molecule has 0 atom stereocenters. The number of fused-ring (bicyclic) bond motifs is 1. The first-order valence-corrected chi connectivity index (χ1v) is 9.76. The Labute approximate surface area is 176 Å². The van der Waals surface area contributed by atoms with E-state index in [1.807, 2.05) is 27.7 Å². The predicted molar refractivity (Wildman–Crippen MR) is 114 cm³/mol. The van der Waals surface area contributed by atoms with Crippen LogP contribution in [0, 0.1) is 0 Å². The van der Waals surface area contributed by atoms with E-state index < -0.39 is 30.0 Å². The largest absolute Gasteiger partial charge is 0.492 e. The second-order valence-corrected chi connectivity index (χ2v) is 9.26. The van der Waals surface area contributed by atoms with Gasteiger partial charge in [-0.15, -0.1) is 0 Å². The van der Waals surface area contributed by atoms with Crippen LogP contribution in [0.15, 0.2) is 11.8 Å². The number of aromatic nitrogens is 4. The van der Waals surface area contributed by atoms with Crippen molar-refractivity contribution in [3.63, 3.8) is 0 Å². The number of aromatic amines is 1. The minimum Gasteiger partial charge on any atom is -0.444 e. The number of amides is 1. The summed E-state index contributed by atoms with van der Waals surface area (Å²) in [5.74, 6) is 0.299. The van der Waals surface area contributed by atoms with E-state index in [0.717, 1.165) is 0 Å². The summed E-state index contributed by atoms with van der Waals surface area (Å²) in [6, 6.07) is 0. The summed E-state index contributed by atoms with van der Waals surface area (Å²) in [6.45, 7) is 13.4. The maximum Gasteiger partial charge on any atom is 0.492 e. The number of hydrogen-bond acceptors (Lipinski definition) is 8. The molecule has 1 amide bonds. The lowest BCUT2D eigenvalue weighted by Gasteiger charge is -2.32. The summed E-state index contributed by atoms with van der Waals surface area (Å²) >= 11 is 0. The van der Waals surface area contributed by atoms with Crippen LogP contribution in [0.5, 0.6) is 0 Å². The van der Waals surface area contributed by atoms with Gasteiger partial charge in [0.05, 0.1) is 22.3 Å². The lowest BCUT2D eigenvalue weighted by atomic mass is 9.77. The normalized spacial score (nSPS) is 18.6. The van der Waals surface area contributed by atoms with Crippen molar-refractivity contribution >= 4 is 36.1 Å². The number of carbonyl (C=O) groups excluding carboxylic acids is 1. The number of H-pyrrole nitrogens is 1. The van der Waals surface area contributed by atoms with Gasteiger partial charge < -0.3 is 25.1 Å². The van der Waals surface area contributed by atoms with Crippen LogP contribution in [0.4, 0.5) is 10.6 Å². The van der Waals surface area contributed by atoms with Gasteiger partial charge in [-0.3, -0.25) is 5.10 Å². The van der Waals surface area contributed by atoms with Crippen molar-refractivity contribution in [1.82, 2.24) is 25.5 Å². The van der Waals surface area contributed by atoms with Crippen molar-refractivity contribution in [2.45, 2.75) is 65.3 Å². The van der Waals surface area contributed by atoms with Crippen LogP contribution in [0.25, 0.3) is 17.1 Å². The Bertz CT molecular complexity index is 963. The number of rotatable bonds is 4. The van der Waals surface area contributed by atoms with Gasteiger partial charge in [-0.1, -0.05) is 0 Å². The number of nitrogens with one attached hydrogen (secondary N) is 2. The van der Waals surface area contributed by atoms with Gasteiger partial charge in [0.25, 0.3) is 0 Å². The molecule has 0 radical (unpaired) electrons. The lowest BCUT2D eigenvalue weighted by Crippen LogP contribution is -2.41. The number of nitrogens with zero attached hydrogens (tertiary/aromatic N) is 3. The van der Waals surface area contributed by atoms with Crippen LogP contribution in [0.1, 0.15) is 54.2 Å². The molecule has 0 aromatic carbocycles. The van der Waals surface area contributed by atoms with Crippen molar-refractivity contribution in [3.8, 4) is 0 Å². The van der Waals surface area contributed by atoms with E-state index in [1.165, 1.54) is 6.33 Å². The van der Waals surface area contributed by atoms with Crippen LogP contribution >= 0.6 is 0 Å². The molecule has 30 heavy (non-hydrogen) atoms. The van der Waals surface area contributed by atoms with Crippen molar-refractivity contribution < 1.29 is 18.8 Å². The molecule has 4 N–H and O–H groups in total. The molecule has 0 spiro atoms. The van der Waals surface area contributed by atoms with E-state index in [2.05, 4.69) is 25.5 Å². The molecule has 3 rings (SSSR count). The first-order valence-electron chi connectivity index (χ1n) is 9.76. The van der Waals surface area contributed by atoms with E-state index in [-0.39, 0.29) is 6.54 Å². The summed E-state index contributed by atoms with van der Waals surface area (Å²) in [5.41, 5.74) is 6.03. The van der Waals surface area contributed by atoms with Gasteiger partial charge in [-0.25, -0.2) is 14.8 Å². The molecule has 0 aliphatic carbocycles. The van der Waals surface area contributed by atoms with Crippen LogP contribution in [-0.4, -0.2) is 56.7 Å². The molecule has 2 aromatic rings. The fourth-order valence-corrected chi connectivity index (χ4v) is 2.88. The number of hydrogen-bond donors (Lipinski definition) is 3. The van der Waals surface area contributed by atoms with Gasteiger partial charge in [0.2, 0.25) is 0 Å². The number of ether oxygens (including phenoxy) is 1. The summed E-state index contributed by atoms with van der Waals surface area (Å²) in [5, 5.41) is 10.4. The molecule has 1 aliphatic rings. The molecule has 11 heteroatoms. The first kappa shape index (κ1) is 22.0. The highest BCUT2D eigenvalue weighted by atomic mass is 16.7. The molecule has 162 valence electrons. The van der Waals surface area contributed by atoms with Gasteiger partial charge in [0, 0.05) is 6.54 Å². The third-order valence-electron chi connectivity index (χ3n) is 5.13. The molecular weight excluding hydrogens is 387 g/mol. The predicted octanol–water partition coefficient (Wildman–Crippen LogP) is 2.47. The topological polar surface area (TPSA) is 137 Å². The second-order valence-electron chi connectivity index (χ2n) is 9.26. The summed E-state index contributed by atoms with van der Waals surface area (Å²) < 4.78 is 17.7. The maximum atomic E-state index is 12.2. The zero-order valence-electron chi connectivity index (χ0n) is 18.5. The monoisotopic (exact) mass is 416 g/mol. The molecular formula is C19H29BN6O4. The van der Waals surface area contributed by atoms with E-state index >= 15 is 0 Å². The van der Waals surface area contributed by atoms with Crippen LogP contribution in [0.2, 0.25) is 0 Å². The Hall–Kier alpha value is -2.66. The Morgan fingerprint density at radius 1 is 1.27 bits per heavy atom. The van der Waals surface area contributed by atoms with E-state index in [0.29, 0.717) is 28.0 Å². The SMILES string of the molecule is CC(C)(C)OC(=O)NCC(=Cc1[nH]nc2ncnc(N)c12)B1OC(C)(C)C(C)(C)O1. The van der Waals surface area contributed by atoms with E-state index in [1.54, 1.807) is 26.8 Å². The standard InChI is InChI=1S/C19H29BN6O4/c1-17(2,3)28-16(27)22-9-11(20-29-18(4,5)19(6,7)30-20)8-12-13-14(21)23-10-24-15(13)26-25-12/h8,10H,9H2,1-7H3,(H,22,27)(H3,21,23,24,25,26). The Kier molecular flexibility index (Phi) is 5.55. The van der Waals surface area contributed by atoms with Gasteiger partial charge in [0.15, 0.2) is 5.65 Å². The Morgan fingerprint density at radius 3 is 2.50 bits per heavy atom. The van der Waals surface area contributed by atoms with Crippen LogP contribution in [0.3, 0.4) is 0 Å². The van der Waals surface area contributed by atoms with Crippen LogP contribution < -0.4 is 11.1 Å².